The summed E-state index contributed by atoms with van der Waals surface area (Å²) in [5.74, 6) is -3.74. The van der Waals surface area contributed by atoms with Gasteiger partial charge in [0.15, 0.2) is 11.6 Å². The lowest BCUT2D eigenvalue weighted by molar-refractivity contribution is -0.117. The van der Waals surface area contributed by atoms with Gasteiger partial charge in [0, 0.05) is 31.3 Å². The Morgan fingerprint density at radius 1 is 1.12 bits per heavy atom. The molecule has 1 aromatic carbocycles. The van der Waals surface area contributed by atoms with Gasteiger partial charge in [-0.05, 0) is 30.0 Å². The van der Waals surface area contributed by atoms with Gasteiger partial charge < -0.3 is 16.0 Å². The predicted octanol–water partition coefficient (Wildman–Crippen LogP) is 3.93. The summed E-state index contributed by atoms with van der Waals surface area (Å²) >= 11 is 0. The van der Waals surface area contributed by atoms with Crippen LogP contribution < -0.4 is 16.0 Å². The summed E-state index contributed by atoms with van der Waals surface area (Å²) in [6, 6.07) is 9.65. The number of rotatable bonds is 10. The zero-order valence-electron chi connectivity index (χ0n) is 18.6. The van der Waals surface area contributed by atoms with Gasteiger partial charge in [0.05, 0.1) is 18.7 Å². The van der Waals surface area contributed by atoms with Crippen LogP contribution in [0.25, 0.3) is 0 Å². The number of primary amides is 1. The van der Waals surface area contributed by atoms with Gasteiger partial charge in [-0.1, -0.05) is 30.3 Å². The van der Waals surface area contributed by atoms with Crippen LogP contribution in [0.2, 0.25) is 0 Å². The van der Waals surface area contributed by atoms with Crippen molar-refractivity contribution in [1.82, 2.24) is 15.0 Å². The number of aromatic nitrogens is 3. The van der Waals surface area contributed by atoms with Crippen LogP contribution in [0, 0.1) is 5.82 Å². The maximum absolute atomic E-state index is 15.3. The molecule has 7 nitrogen and oxygen atoms in total. The van der Waals surface area contributed by atoms with Crippen molar-refractivity contribution in [1.29, 1.82) is 0 Å². The second-order valence-electron chi connectivity index (χ2n) is 8.46. The maximum atomic E-state index is 15.3. The number of alkyl halides is 2. The molecular formula is C24H25F3N6O. The van der Waals surface area contributed by atoms with Crippen LogP contribution >= 0.6 is 0 Å². The van der Waals surface area contributed by atoms with Crippen molar-refractivity contribution in [2.45, 2.75) is 51.2 Å². The molecule has 34 heavy (non-hydrogen) atoms. The highest BCUT2D eigenvalue weighted by Gasteiger charge is 2.33. The van der Waals surface area contributed by atoms with Gasteiger partial charge in [0.2, 0.25) is 11.7 Å². The van der Waals surface area contributed by atoms with Crippen molar-refractivity contribution >= 4 is 17.5 Å². The molecule has 1 saturated carbocycles. The van der Waals surface area contributed by atoms with Crippen LogP contribution in [0.1, 0.15) is 42.1 Å². The smallest absolute Gasteiger partial charge is 0.270 e. The Bertz CT molecular complexity index is 1140. The van der Waals surface area contributed by atoms with E-state index in [2.05, 4.69) is 20.3 Å². The number of benzene rings is 1. The highest BCUT2D eigenvalue weighted by molar-refractivity contribution is 5.76. The summed E-state index contributed by atoms with van der Waals surface area (Å²) in [5.41, 5.74) is 7.24. The van der Waals surface area contributed by atoms with Gasteiger partial charge in [-0.2, -0.15) is 4.39 Å². The number of hydrogen-bond acceptors (Lipinski definition) is 6. The molecule has 0 aliphatic heterocycles. The third kappa shape index (κ3) is 5.81. The Morgan fingerprint density at radius 3 is 2.41 bits per heavy atom. The lowest BCUT2D eigenvalue weighted by atomic mass is 10.1. The lowest BCUT2D eigenvalue weighted by Gasteiger charge is -2.25. The van der Waals surface area contributed by atoms with E-state index in [0.717, 1.165) is 25.3 Å². The second-order valence-corrected chi connectivity index (χ2v) is 8.46. The normalized spacial score (nSPS) is 13.5. The number of nitrogens with zero attached hydrogens (tertiary/aromatic N) is 4. The summed E-state index contributed by atoms with van der Waals surface area (Å²) < 4.78 is 42.4. The highest BCUT2D eigenvalue weighted by atomic mass is 19.3. The molecule has 1 aliphatic rings. The molecule has 0 unspecified atom stereocenters. The van der Waals surface area contributed by atoms with Crippen molar-refractivity contribution in [3.63, 3.8) is 0 Å². The predicted molar refractivity (Wildman–Crippen MR) is 122 cm³/mol. The molecule has 4 rings (SSSR count). The monoisotopic (exact) mass is 470 g/mol. The van der Waals surface area contributed by atoms with Crippen LogP contribution in [-0.4, -0.2) is 26.9 Å². The number of hydrogen-bond donors (Lipinski definition) is 2. The number of nitrogens with two attached hydrogens (primary N) is 1. The molecule has 1 aliphatic carbocycles. The molecule has 0 bridgehead atoms. The largest absolute Gasteiger partial charge is 0.369 e. The summed E-state index contributed by atoms with van der Waals surface area (Å²) in [5, 5.41) is 2.94. The van der Waals surface area contributed by atoms with Crippen molar-refractivity contribution in [3.05, 3.63) is 77.1 Å². The van der Waals surface area contributed by atoms with E-state index in [9.17, 15) is 13.6 Å². The maximum Gasteiger partial charge on any atom is 0.270 e. The molecule has 1 amide bonds. The molecule has 2 heterocycles. The average molecular weight is 470 g/mol. The summed E-state index contributed by atoms with van der Waals surface area (Å²) in [7, 11) is 0. The van der Waals surface area contributed by atoms with Crippen LogP contribution in [0.4, 0.5) is 24.8 Å². The van der Waals surface area contributed by atoms with Crippen molar-refractivity contribution < 1.29 is 18.0 Å². The van der Waals surface area contributed by atoms with E-state index in [0.29, 0.717) is 17.8 Å². The first-order valence-electron chi connectivity index (χ1n) is 10.9. The Kier molecular flexibility index (Phi) is 6.67. The average Bonchev–Trinajstić information content (AvgIpc) is 3.63. The lowest BCUT2D eigenvalue weighted by Crippen LogP contribution is -2.27. The Labute approximate surface area is 195 Å². The topological polar surface area (TPSA) is 97.0 Å². The third-order valence-electron chi connectivity index (χ3n) is 5.55. The molecule has 3 N–H and O–H groups in total. The van der Waals surface area contributed by atoms with Crippen LogP contribution in [0.3, 0.4) is 0 Å². The SMILES string of the molecule is CC(F)(F)c1ccc(CN(c2ncnc(NCc3ccc(CC(N)=O)cn3)c2F)C2CC2)cc1. The van der Waals surface area contributed by atoms with E-state index in [-0.39, 0.29) is 36.2 Å². The minimum Gasteiger partial charge on any atom is -0.369 e. The van der Waals surface area contributed by atoms with Crippen molar-refractivity contribution in [3.8, 4) is 0 Å². The fraction of sp³-hybridized carbons (Fsp3) is 0.333. The first-order valence-corrected chi connectivity index (χ1v) is 10.9. The Balaban J connectivity index is 1.47. The van der Waals surface area contributed by atoms with Crippen LogP contribution in [0.5, 0.6) is 0 Å². The number of carbonyl (C=O) groups excluding carboxylic acids is 1. The van der Waals surface area contributed by atoms with E-state index < -0.39 is 17.6 Å². The van der Waals surface area contributed by atoms with Crippen molar-refractivity contribution in [2.75, 3.05) is 10.2 Å². The number of pyridine rings is 1. The van der Waals surface area contributed by atoms with Gasteiger partial charge in [-0.25, -0.2) is 18.7 Å². The zero-order chi connectivity index (χ0) is 24.3. The summed E-state index contributed by atoms with van der Waals surface area (Å²) in [4.78, 5) is 25.3. The number of anilines is 2. The molecule has 0 saturated heterocycles. The Morgan fingerprint density at radius 2 is 1.82 bits per heavy atom. The van der Waals surface area contributed by atoms with E-state index >= 15 is 4.39 Å². The van der Waals surface area contributed by atoms with E-state index in [1.807, 2.05) is 4.90 Å². The van der Waals surface area contributed by atoms with Gasteiger partial charge in [0.1, 0.15) is 6.33 Å². The van der Waals surface area contributed by atoms with Gasteiger partial charge in [-0.15, -0.1) is 0 Å². The Hall–Kier alpha value is -3.69. The standard InChI is InChI=1S/C24H25F3N6O/c1-24(26,27)17-5-2-15(3-6-17)13-33(19-8-9-19)23-21(25)22(31-14-32-23)30-12-18-7-4-16(11-29-18)10-20(28)34/h2-7,11,14,19H,8-10,12-13H2,1H3,(H2,28,34)(H,30,31,32). The van der Waals surface area contributed by atoms with E-state index in [1.54, 1.807) is 30.5 Å². The second kappa shape index (κ2) is 9.66. The molecule has 1 fully saturated rings. The van der Waals surface area contributed by atoms with Gasteiger partial charge in [0.25, 0.3) is 5.92 Å². The van der Waals surface area contributed by atoms with E-state index in [4.69, 9.17) is 5.73 Å². The summed E-state index contributed by atoms with van der Waals surface area (Å²) in [6.07, 6.45) is 4.75. The molecular weight excluding hydrogens is 445 g/mol. The molecule has 178 valence electrons. The quantitative estimate of drug-likeness (QED) is 0.466. The van der Waals surface area contributed by atoms with E-state index in [1.165, 1.54) is 18.5 Å². The zero-order valence-corrected chi connectivity index (χ0v) is 18.6. The first kappa shape index (κ1) is 23.5. The number of nitrogens with one attached hydrogen (secondary N) is 1. The van der Waals surface area contributed by atoms with Gasteiger partial charge in [-0.3, -0.25) is 9.78 Å². The molecule has 0 radical (unpaired) electrons. The molecule has 10 heteroatoms. The van der Waals surface area contributed by atoms with Crippen LogP contribution in [0.15, 0.2) is 48.9 Å². The molecule has 0 spiro atoms. The van der Waals surface area contributed by atoms with Crippen LogP contribution in [-0.2, 0) is 30.2 Å². The molecule has 2 aromatic heterocycles. The highest BCUT2D eigenvalue weighted by Crippen LogP contribution is 2.35. The van der Waals surface area contributed by atoms with Gasteiger partial charge >= 0.3 is 0 Å². The minimum atomic E-state index is -2.91. The number of halogens is 3. The van der Waals surface area contributed by atoms with Crippen molar-refractivity contribution in [2.24, 2.45) is 5.73 Å². The number of carbonyl (C=O) groups is 1. The molecule has 0 atom stereocenters. The minimum absolute atomic E-state index is 0.0413. The third-order valence-corrected chi connectivity index (χ3v) is 5.55. The number of amides is 1. The molecule has 3 aromatic rings. The first-order chi connectivity index (χ1) is 16.2. The fourth-order valence-corrected chi connectivity index (χ4v) is 3.59. The fourth-order valence-electron chi connectivity index (χ4n) is 3.59. The summed E-state index contributed by atoms with van der Waals surface area (Å²) in [6.45, 7) is 1.42.